The highest BCUT2D eigenvalue weighted by Gasteiger charge is 2.32. The van der Waals surface area contributed by atoms with E-state index < -0.39 is 11.7 Å². The third kappa shape index (κ3) is 6.31. The molecule has 0 aliphatic carbocycles. The number of hydrogen-bond acceptors (Lipinski definition) is 4. The number of piperidine rings is 1. The number of alkyl halides is 3. The zero-order chi connectivity index (χ0) is 22.4. The van der Waals surface area contributed by atoms with Gasteiger partial charge < -0.3 is 4.74 Å². The van der Waals surface area contributed by atoms with Gasteiger partial charge in [0.2, 0.25) is 0 Å². The van der Waals surface area contributed by atoms with Gasteiger partial charge in [0, 0.05) is 26.1 Å². The molecular formula is C24H25F3N2O2. The second-order valence-corrected chi connectivity index (χ2v) is 7.93. The first-order valence-electron chi connectivity index (χ1n) is 10.3. The molecule has 1 fully saturated rings. The lowest BCUT2D eigenvalue weighted by Gasteiger charge is -2.38. The van der Waals surface area contributed by atoms with Crippen molar-refractivity contribution in [3.8, 4) is 6.07 Å². The van der Waals surface area contributed by atoms with Crippen LogP contribution in [-0.4, -0.2) is 30.6 Å². The van der Waals surface area contributed by atoms with E-state index in [9.17, 15) is 23.2 Å². The molecule has 3 rings (SSSR count). The lowest BCUT2D eigenvalue weighted by atomic mass is 9.82. The lowest BCUT2D eigenvalue weighted by molar-refractivity contribution is -0.144. The first kappa shape index (κ1) is 22.8. The maximum Gasteiger partial charge on any atom is 0.416 e. The molecule has 1 saturated heterocycles. The van der Waals surface area contributed by atoms with Crippen molar-refractivity contribution in [2.45, 2.75) is 38.4 Å². The highest BCUT2D eigenvalue weighted by atomic mass is 19.4. The SMILES string of the molecule is CCOC(=O)CC1CC(c2cccc(C#N)c2)CN(Cc2ccc(C(F)(F)F)cc2)C1. The van der Waals surface area contributed by atoms with Gasteiger partial charge in [-0.05, 0) is 60.6 Å². The van der Waals surface area contributed by atoms with Gasteiger partial charge in [-0.3, -0.25) is 9.69 Å². The van der Waals surface area contributed by atoms with E-state index in [1.807, 2.05) is 18.2 Å². The molecule has 0 spiro atoms. The molecular weight excluding hydrogens is 405 g/mol. The Labute approximate surface area is 180 Å². The fraction of sp³-hybridized carbons (Fsp3) is 0.417. The number of benzene rings is 2. The van der Waals surface area contributed by atoms with Gasteiger partial charge in [0.1, 0.15) is 0 Å². The van der Waals surface area contributed by atoms with E-state index in [1.165, 1.54) is 12.1 Å². The summed E-state index contributed by atoms with van der Waals surface area (Å²) >= 11 is 0. The Morgan fingerprint density at radius 1 is 1.19 bits per heavy atom. The standard InChI is InChI=1S/C24H25F3N2O2/c1-2-31-23(30)12-19-11-21(20-5-3-4-18(10-20)13-28)16-29(15-19)14-17-6-8-22(9-7-17)24(25,26)27/h3-10,19,21H,2,11-12,14-16H2,1H3. The monoisotopic (exact) mass is 430 g/mol. The van der Waals surface area contributed by atoms with Crippen molar-refractivity contribution in [2.75, 3.05) is 19.7 Å². The second kappa shape index (κ2) is 9.97. The molecule has 0 bridgehead atoms. The van der Waals surface area contributed by atoms with Gasteiger partial charge in [0.25, 0.3) is 0 Å². The second-order valence-electron chi connectivity index (χ2n) is 7.93. The summed E-state index contributed by atoms with van der Waals surface area (Å²) < 4.78 is 43.6. The van der Waals surface area contributed by atoms with Gasteiger partial charge in [0.15, 0.2) is 0 Å². The molecule has 0 N–H and O–H groups in total. The summed E-state index contributed by atoms with van der Waals surface area (Å²) in [5, 5.41) is 9.22. The number of nitrogens with zero attached hydrogens (tertiary/aromatic N) is 2. The summed E-state index contributed by atoms with van der Waals surface area (Å²) in [5.74, 6) is -0.0534. The number of carbonyl (C=O) groups is 1. The van der Waals surface area contributed by atoms with Gasteiger partial charge in [-0.1, -0.05) is 24.3 Å². The summed E-state index contributed by atoms with van der Waals surface area (Å²) in [6.07, 6.45) is -3.27. The van der Waals surface area contributed by atoms with Crippen molar-refractivity contribution in [3.63, 3.8) is 0 Å². The van der Waals surface area contributed by atoms with Crippen LogP contribution in [0.1, 0.15) is 47.9 Å². The molecule has 1 aliphatic heterocycles. The van der Waals surface area contributed by atoms with Crippen LogP contribution in [-0.2, 0) is 22.3 Å². The minimum atomic E-state index is -4.36. The Bertz CT molecular complexity index is 935. The van der Waals surface area contributed by atoms with Crippen LogP contribution in [0.25, 0.3) is 0 Å². The van der Waals surface area contributed by atoms with E-state index in [1.54, 1.807) is 13.0 Å². The molecule has 2 unspecified atom stereocenters. The molecule has 0 radical (unpaired) electrons. The molecule has 0 saturated carbocycles. The Kier molecular flexibility index (Phi) is 7.34. The quantitative estimate of drug-likeness (QED) is 0.596. The fourth-order valence-corrected chi connectivity index (χ4v) is 4.20. The largest absolute Gasteiger partial charge is 0.466 e. The average molecular weight is 430 g/mol. The van der Waals surface area contributed by atoms with E-state index in [4.69, 9.17) is 4.74 Å². The number of rotatable bonds is 6. The van der Waals surface area contributed by atoms with Crippen LogP contribution < -0.4 is 0 Å². The summed E-state index contributed by atoms with van der Waals surface area (Å²) in [7, 11) is 0. The summed E-state index contributed by atoms with van der Waals surface area (Å²) in [5.41, 5.74) is 1.74. The van der Waals surface area contributed by atoms with E-state index in [-0.39, 0.29) is 17.8 Å². The smallest absolute Gasteiger partial charge is 0.416 e. The van der Waals surface area contributed by atoms with Gasteiger partial charge >= 0.3 is 12.1 Å². The van der Waals surface area contributed by atoms with E-state index in [0.717, 1.165) is 29.7 Å². The van der Waals surface area contributed by atoms with E-state index in [2.05, 4.69) is 11.0 Å². The Balaban J connectivity index is 1.77. The molecule has 4 nitrogen and oxygen atoms in total. The van der Waals surface area contributed by atoms with Gasteiger partial charge in [-0.15, -0.1) is 0 Å². The number of ether oxygens (including phenoxy) is 1. The normalized spacial score (nSPS) is 19.6. The highest BCUT2D eigenvalue weighted by Crippen LogP contribution is 2.34. The van der Waals surface area contributed by atoms with Crippen LogP contribution in [0.2, 0.25) is 0 Å². The van der Waals surface area contributed by atoms with Crippen LogP contribution >= 0.6 is 0 Å². The lowest BCUT2D eigenvalue weighted by Crippen LogP contribution is -2.40. The van der Waals surface area contributed by atoms with Crippen molar-refractivity contribution >= 4 is 5.97 Å². The summed E-state index contributed by atoms with van der Waals surface area (Å²) in [6, 6.07) is 14.8. The molecule has 2 aromatic carbocycles. The molecule has 31 heavy (non-hydrogen) atoms. The van der Waals surface area contributed by atoms with Crippen molar-refractivity contribution in [1.82, 2.24) is 4.90 Å². The predicted octanol–water partition coefficient (Wildman–Crippen LogP) is 5.14. The molecule has 2 aromatic rings. The van der Waals surface area contributed by atoms with E-state index >= 15 is 0 Å². The zero-order valence-electron chi connectivity index (χ0n) is 17.4. The molecule has 0 amide bonds. The minimum Gasteiger partial charge on any atom is -0.466 e. The summed E-state index contributed by atoms with van der Waals surface area (Å²) in [6.45, 7) is 3.95. The number of esters is 1. The van der Waals surface area contributed by atoms with Crippen molar-refractivity contribution < 1.29 is 22.7 Å². The topological polar surface area (TPSA) is 53.3 Å². The van der Waals surface area contributed by atoms with Crippen LogP contribution in [0.5, 0.6) is 0 Å². The summed E-state index contributed by atoms with van der Waals surface area (Å²) in [4.78, 5) is 14.2. The minimum absolute atomic E-state index is 0.0676. The van der Waals surface area contributed by atoms with E-state index in [0.29, 0.717) is 38.2 Å². The first-order chi connectivity index (χ1) is 14.8. The fourth-order valence-electron chi connectivity index (χ4n) is 4.20. The Morgan fingerprint density at radius 2 is 1.94 bits per heavy atom. The molecule has 0 aromatic heterocycles. The van der Waals surface area contributed by atoms with Crippen LogP contribution in [0.15, 0.2) is 48.5 Å². The number of nitriles is 1. The Hall–Kier alpha value is -2.85. The third-order valence-electron chi connectivity index (χ3n) is 5.55. The number of hydrogen-bond donors (Lipinski definition) is 0. The van der Waals surface area contributed by atoms with Crippen LogP contribution in [0.3, 0.4) is 0 Å². The number of carbonyl (C=O) groups excluding carboxylic acids is 1. The first-order valence-corrected chi connectivity index (χ1v) is 10.3. The zero-order valence-corrected chi connectivity index (χ0v) is 17.4. The van der Waals surface area contributed by atoms with Gasteiger partial charge in [0.05, 0.1) is 23.8 Å². The molecule has 2 atom stereocenters. The number of likely N-dealkylation sites (tertiary alicyclic amines) is 1. The van der Waals surface area contributed by atoms with Crippen LogP contribution in [0, 0.1) is 17.2 Å². The number of halogens is 3. The predicted molar refractivity (Wildman–Crippen MR) is 110 cm³/mol. The van der Waals surface area contributed by atoms with Crippen molar-refractivity contribution in [3.05, 3.63) is 70.8 Å². The molecule has 7 heteroatoms. The molecule has 164 valence electrons. The average Bonchev–Trinajstić information content (AvgIpc) is 2.73. The van der Waals surface area contributed by atoms with Gasteiger partial charge in [-0.25, -0.2) is 0 Å². The van der Waals surface area contributed by atoms with Crippen molar-refractivity contribution in [2.24, 2.45) is 5.92 Å². The highest BCUT2D eigenvalue weighted by molar-refractivity contribution is 5.69. The molecule has 1 heterocycles. The Morgan fingerprint density at radius 3 is 2.58 bits per heavy atom. The maximum absolute atomic E-state index is 12.8. The third-order valence-corrected chi connectivity index (χ3v) is 5.55. The van der Waals surface area contributed by atoms with Gasteiger partial charge in [-0.2, -0.15) is 18.4 Å². The maximum atomic E-state index is 12.8. The molecule has 1 aliphatic rings. The van der Waals surface area contributed by atoms with Crippen LogP contribution in [0.4, 0.5) is 13.2 Å². The van der Waals surface area contributed by atoms with Crippen molar-refractivity contribution in [1.29, 1.82) is 5.26 Å².